The highest BCUT2D eigenvalue weighted by Crippen LogP contribution is 2.27. The van der Waals surface area contributed by atoms with E-state index in [0.29, 0.717) is 17.9 Å². The van der Waals surface area contributed by atoms with Gasteiger partial charge < -0.3 is 19.8 Å². The average Bonchev–Trinajstić information content (AvgIpc) is 3.33. The summed E-state index contributed by atoms with van der Waals surface area (Å²) in [6.07, 6.45) is 7.13. The number of hydrogen-bond acceptors (Lipinski definition) is 6. The van der Waals surface area contributed by atoms with Gasteiger partial charge in [0.05, 0.1) is 12.2 Å². The number of pyridine rings is 2. The molecule has 5 rings (SSSR count). The number of nitrogens with zero attached hydrogens (tertiary/aromatic N) is 3. The minimum absolute atomic E-state index is 0.221. The Bertz CT molecular complexity index is 1680. The van der Waals surface area contributed by atoms with Crippen LogP contribution in [0.25, 0.3) is 32.8 Å². The van der Waals surface area contributed by atoms with Gasteiger partial charge in [-0.2, -0.15) is 5.26 Å². The molecular formula is C31H29N5O3. The lowest BCUT2D eigenvalue weighted by Gasteiger charge is -2.24. The number of fused-ring (bicyclic) bond motifs is 2. The molecule has 1 amide bonds. The van der Waals surface area contributed by atoms with E-state index < -0.39 is 11.7 Å². The van der Waals surface area contributed by atoms with Gasteiger partial charge in [-0.1, -0.05) is 30.3 Å². The number of aromatic amines is 1. The SMILES string of the molecule is CC(C)(C)OC(=O)N[C@H](COc1cncc(-c2ccc3cnc(C#N)cc3c2)c1)Cc1c[nH]c2ccccc12. The summed E-state index contributed by atoms with van der Waals surface area (Å²) < 4.78 is 11.7. The molecular weight excluding hydrogens is 490 g/mol. The number of carbonyl (C=O) groups is 1. The molecule has 0 fully saturated rings. The van der Waals surface area contributed by atoms with Crippen molar-refractivity contribution in [2.45, 2.75) is 38.8 Å². The van der Waals surface area contributed by atoms with Crippen LogP contribution in [0.5, 0.6) is 5.75 Å². The number of amides is 1. The van der Waals surface area contributed by atoms with Crippen molar-refractivity contribution in [3.63, 3.8) is 0 Å². The molecule has 1 atom stereocenters. The lowest BCUT2D eigenvalue weighted by atomic mass is 10.0. The van der Waals surface area contributed by atoms with Gasteiger partial charge in [0.15, 0.2) is 0 Å². The molecule has 2 aromatic carbocycles. The molecule has 0 bridgehead atoms. The van der Waals surface area contributed by atoms with E-state index in [0.717, 1.165) is 38.4 Å². The second-order valence-electron chi connectivity index (χ2n) is 10.4. The van der Waals surface area contributed by atoms with Gasteiger partial charge in [-0.05, 0) is 68.0 Å². The molecule has 5 aromatic rings. The molecule has 2 N–H and O–H groups in total. The number of nitrogens with one attached hydrogen (secondary N) is 2. The maximum Gasteiger partial charge on any atom is 0.408 e. The van der Waals surface area contributed by atoms with Crippen molar-refractivity contribution in [1.82, 2.24) is 20.3 Å². The lowest BCUT2D eigenvalue weighted by Crippen LogP contribution is -2.43. The molecule has 0 unspecified atom stereocenters. The highest BCUT2D eigenvalue weighted by Gasteiger charge is 2.21. The number of benzene rings is 2. The van der Waals surface area contributed by atoms with Crippen molar-refractivity contribution in [1.29, 1.82) is 5.26 Å². The Kier molecular flexibility index (Phi) is 7.15. The minimum Gasteiger partial charge on any atom is -0.490 e. The fourth-order valence-corrected chi connectivity index (χ4v) is 4.43. The van der Waals surface area contributed by atoms with Gasteiger partial charge in [0.2, 0.25) is 0 Å². The second-order valence-corrected chi connectivity index (χ2v) is 10.4. The van der Waals surface area contributed by atoms with Gasteiger partial charge in [-0.15, -0.1) is 0 Å². The average molecular weight is 520 g/mol. The van der Waals surface area contributed by atoms with E-state index in [4.69, 9.17) is 9.47 Å². The van der Waals surface area contributed by atoms with Gasteiger partial charge in [-0.25, -0.2) is 9.78 Å². The first kappa shape index (κ1) is 25.7. The molecule has 0 aliphatic carbocycles. The number of carbonyl (C=O) groups excluding carboxylic acids is 1. The highest BCUT2D eigenvalue weighted by molar-refractivity contribution is 5.87. The largest absolute Gasteiger partial charge is 0.490 e. The monoisotopic (exact) mass is 519 g/mol. The van der Waals surface area contributed by atoms with Crippen molar-refractivity contribution >= 4 is 27.8 Å². The van der Waals surface area contributed by atoms with E-state index in [1.165, 1.54) is 0 Å². The number of para-hydroxylation sites is 1. The summed E-state index contributed by atoms with van der Waals surface area (Å²) in [7, 11) is 0. The Morgan fingerprint density at radius 2 is 1.90 bits per heavy atom. The number of alkyl carbamates (subject to hydrolysis) is 1. The Hall–Kier alpha value is -4.90. The van der Waals surface area contributed by atoms with Crippen molar-refractivity contribution in [2.75, 3.05) is 6.61 Å². The number of ether oxygens (including phenoxy) is 2. The van der Waals surface area contributed by atoms with Gasteiger partial charge in [0.1, 0.15) is 29.7 Å². The Labute approximate surface area is 226 Å². The van der Waals surface area contributed by atoms with Crippen LogP contribution in [-0.2, 0) is 11.2 Å². The Morgan fingerprint density at radius 1 is 1.05 bits per heavy atom. The molecule has 3 aromatic heterocycles. The zero-order valence-electron chi connectivity index (χ0n) is 22.1. The first-order valence-electron chi connectivity index (χ1n) is 12.7. The third kappa shape index (κ3) is 6.33. The molecule has 0 radical (unpaired) electrons. The number of rotatable bonds is 7. The van der Waals surface area contributed by atoms with E-state index in [9.17, 15) is 10.1 Å². The third-order valence-corrected chi connectivity index (χ3v) is 6.20. The fraction of sp³-hybridized carbons (Fsp3) is 0.226. The van der Waals surface area contributed by atoms with E-state index in [1.807, 2.05) is 69.4 Å². The van der Waals surface area contributed by atoms with Crippen LogP contribution in [-0.4, -0.2) is 39.3 Å². The topological polar surface area (TPSA) is 113 Å². The van der Waals surface area contributed by atoms with Crippen LogP contribution < -0.4 is 10.1 Å². The van der Waals surface area contributed by atoms with E-state index in [-0.39, 0.29) is 12.6 Å². The molecule has 0 spiro atoms. The molecule has 0 aliphatic rings. The Morgan fingerprint density at radius 3 is 2.72 bits per heavy atom. The van der Waals surface area contributed by atoms with Crippen molar-refractivity contribution in [2.24, 2.45) is 0 Å². The summed E-state index contributed by atoms with van der Waals surface area (Å²) in [5, 5.41) is 15.1. The van der Waals surface area contributed by atoms with Crippen molar-refractivity contribution in [3.05, 3.63) is 90.6 Å². The summed E-state index contributed by atoms with van der Waals surface area (Å²) in [6, 6.07) is 19.4. The third-order valence-electron chi connectivity index (χ3n) is 6.20. The van der Waals surface area contributed by atoms with Gasteiger partial charge in [0.25, 0.3) is 0 Å². The Balaban J connectivity index is 1.35. The predicted molar refractivity (Wildman–Crippen MR) is 150 cm³/mol. The van der Waals surface area contributed by atoms with Crippen molar-refractivity contribution in [3.8, 4) is 22.9 Å². The quantitative estimate of drug-likeness (QED) is 0.266. The van der Waals surface area contributed by atoms with Gasteiger partial charge in [0, 0.05) is 40.4 Å². The molecule has 8 heteroatoms. The highest BCUT2D eigenvalue weighted by atomic mass is 16.6. The maximum absolute atomic E-state index is 12.6. The molecule has 3 heterocycles. The molecule has 0 aliphatic heterocycles. The standard InChI is InChI=1S/C31H29N5O3/c1-31(2,3)39-30(37)36-26(12-24-17-35-29-7-5-4-6-28(24)29)19-38-27-13-23(15-33-18-27)20-8-9-21-16-34-25(14-32)11-22(21)10-20/h4-11,13,15-18,26,35H,12,19H2,1-3H3,(H,36,37)/t26-/m0/s1. The first-order chi connectivity index (χ1) is 18.8. The summed E-state index contributed by atoms with van der Waals surface area (Å²) >= 11 is 0. The molecule has 196 valence electrons. The molecule has 0 saturated carbocycles. The number of H-pyrrole nitrogens is 1. The molecule has 8 nitrogen and oxygen atoms in total. The fourth-order valence-electron chi connectivity index (χ4n) is 4.43. The molecule has 0 saturated heterocycles. The molecule has 39 heavy (non-hydrogen) atoms. The van der Waals surface area contributed by atoms with Gasteiger partial charge in [-0.3, -0.25) is 4.98 Å². The van der Waals surface area contributed by atoms with Crippen LogP contribution in [0, 0.1) is 11.3 Å². The maximum atomic E-state index is 12.6. The number of nitriles is 1. The summed E-state index contributed by atoms with van der Waals surface area (Å²) in [5.41, 5.74) is 3.68. The summed E-state index contributed by atoms with van der Waals surface area (Å²) in [5.74, 6) is 0.579. The van der Waals surface area contributed by atoms with Crippen LogP contribution in [0.1, 0.15) is 32.0 Å². The normalized spacial score (nSPS) is 12.2. The van der Waals surface area contributed by atoms with E-state index in [1.54, 1.807) is 24.7 Å². The van der Waals surface area contributed by atoms with E-state index in [2.05, 4.69) is 32.4 Å². The van der Waals surface area contributed by atoms with Crippen LogP contribution in [0.2, 0.25) is 0 Å². The lowest BCUT2D eigenvalue weighted by molar-refractivity contribution is 0.0488. The summed E-state index contributed by atoms with van der Waals surface area (Å²) in [6.45, 7) is 5.72. The first-order valence-corrected chi connectivity index (χ1v) is 12.7. The van der Waals surface area contributed by atoms with Crippen molar-refractivity contribution < 1.29 is 14.3 Å². The van der Waals surface area contributed by atoms with Gasteiger partial charge >= 0.3 is 6.09 Å². The number of aromatic nitrogens is 3. The van der Waals surface area contributed by atoms with Crippen LogP contribution >= 0.6 is 0 Å². The predicted octanol–water partition coefficient (Wildman–Crippen LogP) is 6.16. The number of hydrogen-bond donors (Lipinski definition) is 2. The zero-order valence-corrected chi connectivity index (χ0v) is 22.1. The zero-order chi connectivity index (χ0) is 27.4. The minimum atomic E-state index is -0.613. The second kappa shape index (κ2) is 10.8. The van der Waals surface area contributed by atoms with Crippen LogP contribution in [0.15, 0.2) is 79.4 Å². The van der Waals surface area contributed by atoms with Crippen LogP contribution in [0.3, 0.4) is 0 Å². The summed E-state index contributed by atoms with van der Waals surface area (Å²) in [4.78, 5) is 24.4. The smallest absolute Gasteiger partial charge is 0.408 e. The van der Waals surface area contributed by atoms with E-state index >= 15 is 0 Å². The van der Waals surface area contributed by atoms with Crippen LogP contribution in [0.4, 0.5) is 4.79 Å².